The Labute approximate surface area is 94.3 Å². The van der Waals surface area contributed by atoms with Crippen molar-refractivity contribution in [2.45, 2.75) is 64.9 Å². The minimum atomic E-state index is -0.559. The van der Waals surface area contributed by atoms with E-state index in [0.29, 0.717) is 6.42 Å². The molecule has 0 saturated heterocycles. The number of rotatable bonds is 5. The molecule has 0 aliphatic heterocycles. The lowest BCUT2D eigenvalue weighted by atomic mass is 10.2. The van der Waals surface area contributed by atoms with E-state index in [2.05, 4.69) is 37.5 Å². The van der Waals surface area contributed by atoms with Crippen LogP contribution in [0.25, 0.3) is 0 Å². The zero-order valence-electron chi connectivity index (χ0n) is 9.97. The quantitative estimate of drug-likeness (QED) is 0.541. The maximum absolute atomic E-state index is 9.43. The van der Waals surface area contributed by atoms with E-state index < -0.39 is 6.10 Å². The second-order valence-corrected chi connectivity index (χ2v) is 3.60. The summed E-state index contributed by atoms with van der Waals surface area (Å²) in [5, 5.41) is 9.43. The molecule has 0 aromatic rings. The van der Waals surface area contributed by atoms with E-state index in [4.69, 9.17) is 0 Å². The van der Waals surface area contributed by atoms with Gasteiger partial charge in [0.15, 0.2) is 0 Å². The lowest BCUT2D eigenvalue weighted by Crippen LogP contribution is -2.00. The summed E-state index contributed by atoms with van der Waals surface area (Å²) in [5.74, 6) is 11.8. The molecular weight excluding hydrogens is 184 g/mol. The molecule has 1 atom stereocenters. The van der Waals surface area contributed by atoms with Crippen molar-refractivity contribution in [2.75, 3.05) is 0 Å². The molecule has 1 nitrogen and oxygen atoms in total. The van der Waals surface area contributed by atoms with Crippen LogP contribution >= 0.6 is 0 Å². The zero-order valence-corrected chi connectivity index (χ0v) is 9.97. The normalized spacial score (nSPS) is 10.9. The highest BCUT2D eigenvalue weighted by Gasteiger charge is 1.93. The van der Waals surface area contributed by atoms with Crippen LogP contribution < -0.4 is 0 Å². The van der Waals surface area contributed by atoms with Crippen molar-refractivity contribution in [1.29, 1.82) is 0 Å². The summed E-state index contributed by atoms with van der Waals surface area (Å²) in [7, 11) is 0. The van der Waals surface area contributed by atoms with Crippen molar-refractivity contribution in [2.24, 2.45) is 0 Å². The fourth-order valence-electron chi connectivity index (χ4n) is 1.03. The maximum atomic E-state index is 9.43. The van der Waals surface area contributed by atoms with Crippen molar-refractivity contribution in [3.05, 3.63) is 0 Å². The van der Waals surface area contributed by atoms with Gasteiger partial charge in [-0.3, -0.25) is 0 Å². The van der Waals surface area contributed by atoms with E-state index in [0.717, 1.165) is 32.1 Å². The van der Waals surface area contributed by atoms with Gasteiger partial charge in [-0.2, -0.15) is 0 Å². The lowest BCUT2D eigenvalue weighted by Gasteiger charge is -1.94. The molecule has 0 amide bonds. The molecule has 84 valence electrons. The highest BCUT2D eigenvalue weighted by Crippen LogP contribution is 1.94. The van der Waals surface area contributed by atoms with E-state index >= 15 is 0 Å². The Balaban J connectivity index is 3.56. The monoisotopic (exact) mass is 206 g/mol. The van der Waals surface area contributed by atoms with Crippen LogP contribution in [0.4, 0.5) is 0 Å². The first-order valence-electron chi connectivity index (χ1n) is 5.93. The van der Waals surface area contributed by atoms with Gasteiger partial charge in [0.25, 0.3) is 0 Å². The van der Waals surface area contributed by atoms with Crippen LogP contribution in [0.2, 0.25) is 0 Å². The van der Waals surface area contributed by atoms with Gasteiger partial charge in [-0.15, -0.1) is 11.8 Å². The Morgan fingerprint density at radius 2 is 1.53 bits per heavy atom. The minimum Gasteiger partial charge on any atom is -0.379 e. The van der Waals surface area contributed by atoms with Crippen molar-refractivity contribution >= 4 is 0 Å². The molecule has 1 unspecified atom stereocenters. The first-order chi connectivity index (χ1) is 7.31. The summed E-state index contributed by atoms with van der Waals surface area (Å²) in [4.78, 5) is 0. The molecule has 0 heterocycles. The van der Waals surface area contributed by atoms with E-state index in [-0.39, 0.29) is 0 Å². The Kier molecular flexibility index (Phi) is 10.5. The maximum Gasteiger partial charge on any atom is 0.125 e. The van der Waals surface area contributed by atoms with Gasteiger partial charge in [0, 0.05) is 19.3 Å². The smallest absolute Gasteiger partial charge is 0.125 e. The van der Waals surface area contributed by atoms with Crippen LogP contribution in [0.5, 0.6) is 0 Å². The van der Waals surface area contributed by atoms with Gasteiger partial charge in [0.2, 0.25) is 0 Å². The van der Waals surface area contributed by atoms with Crippen molar-refractivity contribution in [3.63, 3.8) is 0 Å². The van der Waals surface area contributed by atoms with Crippen LogP contribution in [0.1, 0.15) is 58.8 Å². The van der Waals surface area contributed by atoms with Gasteiger partial charge in [-0.25, -0.2) is 0 Å². The van der Waals surface area contributed by atoms with Crippen molar-refractivity contribution in [1.82, 2.24) is 0 Å². The number of hydrogen-bond donors (Lipinski definition) is 1. The van der Waals surface area contributed by atoms with E-state index in [1.807, 2.05) is 0 Å². The van der Waals surface area contributed by atoms with E-state index in [1.165, 1.54) is 6.42 Å². The van der Waals surface area contributed by atoms with Gasteiger partial charge in [-0.1, -0.05) is 38.5 Å². The summed E-state index contributed by atoms with van der Waals surface area (Å²) < 4.78 is 0. The minimum absolute atomic E-state index is 0.489. The zero-order chi connectivity index (χ0) is 11.4. The van der Waals surface area contributed by atoms with Crippen LogP contribution in [-0.2, 0) is 0 Å². The molecule has 1 N–H and O–H groups in total. The fourth-order valence-corrected chi connectivity index (χ4v) is 1.03. The second kappa shape index (κ2) is 11.2. The fraction of sp³-hybridized carbons (Fsp3) is 0.714. The van der Waals surface area contributed by atoms with Crippen molar-refractivity contribution in [3.8, 4) is 23.7 Å². The average Bonchev–Trinajstić information content (AvgIpc) is 2.24. The lowest BCUT2D eigenvalue weighted by molar-refractivity contribution is 0.238. The van der Waals surface area contributed by atoms with E-state index in [1.54, 1.807) is 0 Å². The molecule has 0 radical (unpaired) electrons. The molecule has 0 aliphatic carbocycles. The van der Waals surface area contributed by atoms with Gasteiger partial charge >= 0.3 is 0 Å². The average molecular weight is 206 g/mol. The molecule has 0 aliphatic rings. The van der Waals surface area contributed by atoms with Crippen LogP contribution in [0, 0.1) is 23.7 Å². The summed E-state index contributed by atoms with van der Waals surface area (Å²) in [6.07, 6.45) is 6.34. The Morgan fingerprint density at radius 1 is 0.933 bits per heavy atom. The number of unbranched alkanes of at least 4 members (excludes halogenated alkanes) is 4. The van der Waals surface area contributed by atoms with Crippen LogP contribution in [0.3, 0.4) is 0 Å². The van der Waals surface area contributed by atoms with Gasteiger partial charge in [-0.05, 0) is 12.8 Å². The molecule has 0 aromatic carbocycles. The molecule has 1 heteroatoms. The van der Waals surface area contributed by atoms with E-state index in [9.17, 15) is 5.11 Å². The summed E-state index contributed by atoms with van der Waals surface area (Å²) in [6, 6.07) is 0. The summed E-state index contributed by atoms with van der Waals surface area (Å²) in [5.41, 5.74) is 0. The van der Waals surface area contributed by atoms with Gasteiger partial charge in [0.1, 0.15) is 6.10 Å². The Morgan fingerprint density at radius 3 is 2.13 bits per heavy atom. The second-order valence-electron chi connectivity index (χ2n) is 3.60. The summed E-state index contributed by atoms with van der Waals surface area (Å²) in [6.45, 7) is 4.28. The highest BCUT2D eigenvalue weighted by atomic mass is 16.3. The number of aliphatic hydroxyl groups is 1. The first-order valence-corrected chi connectivity index (χ1v) is 5.93. The third-order valence-electron chi connectivity index (χ3n) is 2.00. The van der Waals surface area contributed by atoms with Crippen LogP contribution in [0.15, 0.2) is 0 Å². The predicted molar refractivity (Wildman–Crippen MR) is 65.2 cm³/mol. The third kappa shape index (κ3) is 11.0. The van der Waals surface area contributed by atoms with Crippen molar-refractivity contribution < 1.29 is 5.11 Å². The molecular formula is C14H22O. The third-order valence-corrected chi connectivity index (χ3v) is 2.00. The first kappa shape index (κ1) is 14.1. The standard InChI is InChI=1S/C14H22O/c1-3-5-7-9-11-13-14(15)12-10-8-6-4-2/h14-15H,3-8,13H2,1-2H3. The SMILES string of the molecule is CCCCC#CCC(O)C#CCCCC. The van der Waals surface area contributed by atoms with Gasteiger partial charge < -0.3 is 5.11 Å². The summed E-state index contributed by atoms with van der Waals surface area (Å²) >= 11 is 0. The molecule has 15 heavy (non-hydrogen) atoms. The van der Waals surface area contributed by atoms with Gasteiger partial charge in [0.05, 0.1) is 0 Å². The molecule has 0 spiro atoms. The molecule has 0 aromatic heterocycles. The molecule has 0 saturated carbocycles. The Bertz CT molecular complexity index is 246. The topological polar surface area (TPSA) is 20.2 Å². The predicted octanol–water partition coefficient (Wildman–Crippen LogP) is 3.12. The number of hydrogen-bond acceptors (Lipinski definition) is 1. The molecule has 0 rings (SSSR count). The number of aliphatic hydroxyl groups excluding tert-OH is 1. The highest BCUT2D eigenvalue weighted by molar-refractivity contribution is 5.10. The largest absolute Gasteiger partial charge is 0.379 e. The molecule has 0 bridgehead atoms. The molecule has 0 fully saturated rings. The Hall–Kier alpha value is -0.920. The van der Waals surface area contributed by atoms with Crippen LogP contribution in [-0.4, -0.2) is 11.2 Å².